The Hall–Kier alpha value is -0.820. The molecular weight excluding hydrogens is 300 g/mol. The molecule has 0 aromatic rings. The zero-order valence-electron chi connectivity index (χ0n) is 14.8. The number of aliphatic hydroxyl groups excluding tert-OH is 2. The van der Waals surface area contributed by atoms with Crippen molar-refractivity contribution in [3.63, 3.8) is 0 Å². The summed E-state index contributed by atoms with van der Waals surface area (Å²) in [6, 6.07) is 0. The Bertz CT molecular complexity index is 619. The quantitative estimate of drug-likeness (QED) is 0.473. The maximum atomic E-state index is 11.0. The lowest BCUT2D eigenvalue weighted by atomic mass is 9.46. The van der Waals surface area contributed by atoms with E-state index in [1.165, 1.54) is 5.57 Å². The van der Waals surface area contributed by atoms with Crippen molar-refractivity contribution in [1.82, 2.24) is 0 Å². The molecule has 2 unspecified atom stereocenters. The highest BCUT2D eigenvalue weighted by Gasteiger charge is 2.64. The molecule has 3 fully saturated rings. The van der Waals surface area contributed by atoms with Crippen LogP contribution in [0.1, 0.15) is 58.8 Å². The molecule has 8 atom stereocenters. The minimum absolute atomic E-state index is 0.0846. The van der Waals surface area contributed by atoms with Gasteiger partial charge >= 0.3 is 0 Å². The largest absolute Gasteiger partial charge is 0.393 e. The first-order chi connectivity index (χ1) is 11.2. The van der Waals surface area contributed by atoms with E-state index < -0.39 is 11.7 Å². The number of fused-ring (bicyclic) bond motifs is 5. The van der Waals surface area contributed by atoms with Gasteiger partial charge in [-0.1, -0.05) is 31.4 Å². The van der Waals surface area contributed by atoms with E-state index in [2.05, 4.69) is 19.8 Å². The monoisotopic (exact) mass is 330 g/mol. The molecule has 4 rings (SSSR count). The fourth-order valence-corrected chi connectivity index (χ4v) is 6.88. The summed E-state index contributed by atoms with van der Waals surface area (Å²) >= 11 is 0. The van der Waals surface area contributed by atoms with Gasteiger partial charge in [0.15, 0.2) is 0 Å². The smallest absolute Gasteiger partial charge is 0.130 e. The Labute approximate surface area is 145 Å². The topological polar surface area (TPSA) is 60.7 Å². The zero-order chi connectivity index (χ0) is 17.3. The Morgan fingerprint density at radius 3 is 2.50 bits per heavy atom. The second-order valence-corrected chi connectivity index (χ2v) is 9.29. The number of rotatable bonds is 0. The first kappa shape index (κ1) is 16.6. The van der Waals surface area contributed by atoms with E-state index >= 15 is 0 Å². The van der Waals surface area contributed by atoms with E-state index in [4.69, 9.17) is 6.42 Å². The number of aliphatic hydroxyl groups is 3. The molecule has 0 amide bonds. The van der Waals surface area contributed by atoms with Gasteiger partial charge in [0, 0.05) is 5.41 Å². The molecule has 0 aliphatic heterocycles. The van der Waals surface area contributed by atoms with Gasteiger partial charge < -0.3 is 15.3 Å². The highest BCUT2D eigenvalue weighted by atomic mass is 16.3. The average molecular weight is 330 g/mol. The SMILES string of the molecule is C#C[C@@]1(O)CC[C@H]2[C@@H]3C(O)C=C4CC(O)CC[C@]4(C)[C@H]3CC[C@@]21C. The van der Waals surface area contributed by atoms with Crippen LogP contribution in [-0.2, 0) is 0 Å². The van der Waals surface area contributed by atoms with Gasteiger partial charge in [0.2, 0.25) is 0 Å². The second-order valence-electron chi connectivity index (χ2n) is 9.29. The first-order valence-electron chi connectivity index (χ1n) is 9.53. The Morgan fingerprint density at radius 1 is 1.08 bits per heavy atom. The fraction of sp³-hybridized carbons (Fsp3) is 0.810. The van der Waals surface area contributed by atoms with Gasteiger partial charge in [-0.2, -0.15) is 0 Å². The Kier molecular flexibility index (Phi) is 3.53. The number of hydrogen-bond acceptors (Lipinski definition) is 3. The lowest BCUT2D eigenvalue weighted by molar-refractivity contribution is -0.123. The van der Waals surface area contributed by atoms with Crippen molar-refractivity contribution in [2.24, 2.45) is 28.6 Å². The van der Waals surface area contributed by atoms with Crippen LogP contribution in [0.5, 0.6) is 0 Å². The van der Waals surface area contributed by atoms with Crippen LogP contribution < -0.4 is 0 Å². The van der Waals surface area contributed by atoms with Crippen LogP contribution in [-0.4, -0.2) is 33.1 Å². The molecule has 0 radical (unpaired) electrons. The van der Waals surface area contributed by atoms with Crippen LogP contribution in [0.3, 0.4) is 0 Å². The van der Waals surface area contributed by atoms with E-state index in [9.17, 15) is 15.3 Å². The van der Waals surface area contributed by atoms with Crippen molar-refractivity contribution < 1.29 is 15.3 Å². The number of hydrogen-bond donors (Lipinski definition) is 3. The summed E-state index contributed by atoms with van der Waals surface area (Å²) in [7, 11) is 0. The Balaban J connectivity index is 1.75. The maximum Gasteiger partial charge on any atom is 0.130 e. The lowest BCUT2D eigenvalue weighted by Gasteiger charge is -2.59. The third kappa shape index (κ3) is 1.91. The average Bonchev–Trinajstić information content (AvgIpc) is 2.82. The van der Waals surface area contributed by atoms with Gasteiger partial charge in [0.1, 0.15) is 5.60 Å². The molecule has 0 aromatic carbocycles. The molecule has 3 heteroatoms. The van der Waals surface area contributed by atoms with Crippen LogP contribution in [0.4, 0.5) is 0 Å². The predicted molar refractivity (Wildman–Crippen MR) is 92.9 cm³/mol. The maximum absolute atomic E-state index is 11.0. The molecule has 3 saturated carbocycles. The van der Waals surface area contributed by atoms with E-state index in [1.807, 2.05) is 6.08 Å². The van der Waals surface area contributed by atoms with Crippen LogP contribution >= 0.6 is 0 Å². The van der Waals surface area contributed by atoms with Crippen LogP contribution in [0.2, 0.25) is 0 Å². The van der Waals surface area contributed by atoms with Crippen molar-refractivity contribution in [3.8, 4) is 12.3 Å². The molecule has 4 aliphatic carbocycles. The van der Waals surface area contributed by atoms with Gasteiger partial charge in [-0.3, -0.25) is 0 Å². The molecule has 0 heterocycles. The summed E-state index contributed by atoms with van der Waals surface area (Å²) in [6.07, 6.45) is 13.0. The zero-order valence-corrected chi connectivity index (χ0v) is 14.8. The summed E-state index contributed by atoms with van der Waals surface area (Å²) in [4.78, 5) is 0. The standard InChI is InChI=1S/C21H30O3/c1-4-21(24)10-7-16-18-15(6-9-20(16,21)3)19(2)8-5-14(22)11-13(19)12-17(18)23/h1,12,14-18,22-24H,5-11H2,2-3H3/t14?,15-,16-,17?,18+,19-,20-,21+/m0/s1. The highest BCUT2D eigenvalue weighted by Crippen LogP contribution is 2.66. The normalized spacial score (nSPS) is 56.5. The minimum Gasteiger partial charge on any atom is -0.393 e. The van der Waals surface area contributed by atoms with E-state index in [-0.39, 0.29) is 28.8 Å². The summed E-state index contributed by atoms with van der Waals surface area (Å²) < 4.78 is 0. The number of terminal acetylenes is 1. The first-order valence-corrected chi connectivity index (χ1v) is 9.53. The molecule has 132 valence electrons. The van der Waals surface area contributed by atoms with Crippen LogP contribution in [0, 0.1) is 40.9 Å². The minimum atomic E-state index is -1.03. The molecule has 0 spiro atoms. The third-order valence-electron chi connectivity index (χ3n) is 8.49. The molecule has 3 N–H and O–H groups in total. The molecule has 0 saturated heterocycles. The van der Waals surface area contributed by atoms with Gasteiger partial charge in [-0.15, -0.1) is 6.42 Å². The summed E-state index contributed by atoms with van der Waals surface area (Å²) in [6.45, 7) is 4.47. The van der Waals surface area contributed by atoms with Gasteiger partial charge in [0.25, 0.3) is 0 Å². The van der Waals surface area contributed by atoms with E-state index in [0.717, 1.165) is 32.1 Å². The summed E-state index contributed by atoms with van der Waals surface area (Å²) in [5.74, 6) is 3.56. The lowest BCUT2D eigenvalue weighted by Crippen LogP contribution is -2.57. The van der Waals surface area contributed by atoms with Gasteiger partial charge in [-0.25, -0.2) is 0 Å². The van der Waals surface area contributed by atoms with Crippen molar-refractivity contribution in [2.75, 3.05) is 0 Å². The van der Waals surface area contributed by atoms with E-state index in [1.54, 1.807) is 0 Å². The predicted octanol–water partition coefficient (Wildman–Crippen LogP) is 2.65. The molecule has 0 bridgehead atoms. The van der Waals surface area contributed by atoms with Crippen molar-refractivity contribution in [2.45, 2.75) is 76.6 Å². The third-order valence-corrected chi connectivity index (χ3v) is 8.49. The van der Waals surface area contributed by atoms with Crippen LogP contribution in [0.15, 0.2) is 11.6 Å². The fourth-order valence-electron chi connectivity index (χ4n) is 6.88. The second kappa shape index (κ2) is 5.10. The summed E-state index contributed by atoms with van der Waals surface area (Å²) in [5.41, 5.74) is 0.0145. The molecule has 3 nitrogen and oxygen atoms in total. The van der Waals surface area contributed by atoms with Gasteiger partial charge in [-0.05, 0) is 68.1 Å². The van der Waals surface area contributed by atoms with Gasteiger partial charge in [0.05, 0.1) is 12.2 Å². The molecular formula is C21H30O3. The van der Waals surface area contributed by atoms with Crippen molar-refractivity contribution in [1.29, 1.82) is 0 Å². The Morgan fingerprint density at radius 2 is 1.79 bits per heavy atom. The highest BCUT2D eigenvalue weighted by molar-refractivity contribution is 5.30. The van der Waals surface area contributed by atoms with Crippen molar-refractivity contribution >= 4 is 0 Å². The molecule has 24 heavy (non-hydrogen) atoms. The molecule has 4 aliphatic rings. The molecule has 0 aromatic heterocycles. The summed E-state index contributed by atoms with van der Waals surface area (Å²) in [5, 5.41) is 32.0. The van der Waals surface area contributed by atoms with Crippen LogP contribution in [0.25, 0.3) is 0 Å². The van der Waals surface area contributed by atoms with Crippen molar-refractivity contribution in [3.05, 3.63) is 11.6 Å². The van der Waals surface area contributed by atoms with E-state index in [0.29, 0.717) is 18.8 Å².